The number of carboxylic acid groups (broad SMARTS) is 1. The Kier molecular flexibility index (Phi) is 3.83. The molecule has 0 fully saturated rings. The number of phenols is 2. The number of benzene rings is 2. The molecule has 8 nitrogen and oxygen atoms in total. The van der Waals surface area contributed by atoms with Crippen LogP contribution in [-0.4, -0.2) is 21.3 Å². The van der Waals surface area contributed by atoms with Gasteiger partial charge in [0.2, 0.25) is 5.75 Å². The molecule has 0 amide bonds. The molecule has 8 heteroatoms. The summed E-state index contributed by atoms with van der Waals surface area (Å²) in [5, 5.41) is 31.4. The number of hydrogen-bond donors (Lipinski definition) is 3. The fourth-order valence-electron chi connectivity index (χ4n) is 1.57. The van der Waals surface area contributed by atoms with Gasteiger partial charge in [0.15, 0.2) is 11.5 Å². The minimum atomic E-state index is -1.19. The molecule has 0 aliphatic carbocycles. The molecule has 0 aliphatic heterocycles. The van der Waals surface area contributed by atoms with Crippen molar-refractivity contribution in [3.05, 3.63) is 52.4 Å². The van der Waals surface area contributed by atoms with E-state index < -0.39 is 17.5 Å². The van der Waals surface area contributed by atoms with E-state index in [0.29, 0.717) is 0 Å². The van der Waals surface area contributed by atoms with Gasteiger partial charge in [-0.05, 0) is 35.9 Å². The van der Waals surface area contributed by atoms with E-state index in [4.69, 9.17) is 15.4 Å². The van der Waals surface area contributed by atoms with Crippen molar-refractivity contribution in [1.29, 1.82) is 0 Å². The van der Waals surface area contributed by atoms with Gasteiger partial charge in [-0.15, -0.1) is 0 Å². The van der Waals surface area contributed by atoms with Gasteiger partial charge >= 0.3 is 5.97 Å². The molecule has 0 radical (unpaired) electrons. The lowest BCUT2D eigenvalue weighted by Crippen LogP contribution is -1.96. The Labute approximate surface area is 118 Å². The molecule has 0 spiro atoms. The van der Waals surface area contributed by atoms with Gasteiger partial charge in [-0.3, -0.25) is 0 Å². The van der Waals surface area contributed by atoms with Crippen LogP contribution in [0.25, 0.3) is 10.4 Å². The third-order valence-corrected chi connectivity index (χ3v) is 2.56. The van der Waals surface area contributed by atoms with E-state index in [1.165, 1.54) is 30.3 Å². The van der Waals surface area contributed by atoms with Crippen molar-refractivity contribution >= 4 is 11.7 Å². The van der Waals surface area contributed by atoms with Gasteiger partial charge in [-0.2, -0.15) is 0 Å². The summed E-state index contributed by atoms with van der Waals surface area (Å²) in [6.45, 7) is 0. The maximum atomic E-state index is 10.9. The van der Waals surface area contributed by atoms with Crippen LogP contribution < -0.4 is 4.74 Å². The number of para-hydroxylation sites is 1. The SMILES string of the molecule is [N-]=[N+]=Nc1ccc(C(=O)O)cc1Oc1cccc(O)c1O. The quantitative estimate of drug-likeness (QED) is 0.342. The summed E-state index contributed by atoms with van der Waals surface area (Å²) < 4.78 is 5.33. The molecule has 0 unspecified atom stereocenters. The Morgan fingerprint density at radius 3 is 2.62 bits per heavy atom. The molecule has 0 aliphatic rings. The van der Waals surface area contributed by atoms with Gasteiger partial charge in [-0.25, -0.2) is 4.79 Å². The molecule has 0 atom stereocenters. The number of ether oxygens (including phenoxy) is 1. The number of carbonyl (C=O) groups is 1. The highest BCUT2D eigenvalue weighted by Gasteiger charge is 2.13. The summed E-state index contributed by atoms with van der Waals surface area (Å²) in [7, 11) is 0. The Hall–Kier alpha value is -3.38. The van der Waals surface area contributed by atoms with Crippen LogP contribution in [0.3, 0.4) is 0 Å². The van der Waals surface area contributed by atoms with Crippen molar-refractivity contribution in [3.63, 3.8) is 0 Å². The average Bonchev–Trinajstić information content (AvgIpc) is 2.45. The first-order valence-corrected chi connectivity index (χ1v) is 5.64. The molecule has 0 heterocycles. The summed E-state index contributed by atoms with van der Waals surface area (Å²) in [6, 6.07) is 7.72. The van der Waals surface area contributed by atoms with Crippen molar-refractivity contribution < 1.29 is 24.9 Å². The second-order valence-electron chi connectivity index (χ2n) is 3.90. The molecule has 0 saturated heterocycles. The summed E-state index contributed by atoms with van der Waals surface area (Å²) in [5.74, 6) is -2.26. The average molecular weight is 287 g/mol. The van der Waals surface area contributed by atoms with E-state index in [1.807, 2.05) is 0 Å². The highest BCUT2D eigenvalue weighted by atomic mass is 16.5. The standard InChI is InChI=1S/C13H9N3O5/c14-16-15-8-5-4-7(13(19)20)6-11(8)21-10-3-1-2-9(17)12(10)18/h1-6,17-18H,(H,19,20). The van der Waals surface area contributed by atoms with Crippen molar-refractivity contribution in [3.8, 4) is 23.0 Å². The Morgan fingerprint density at radius 1 is 1.19 bits per heavy atom. The number of aromatic carboxylic acids is 1. The highest BCUT2D eigenvalue weighted by Crippen LogP contribution is 2.40. The van der Waals surface area contributed by atoms with Crippen molar-refractivity contribution in [1.82, 2.24) is 0 Å². The van der Waals surface area contributed by atoms with Crippen LogP contribution in [0.1, 0.15) is 10.4 Å². The van der Waals surface area contributed by atoms with Gasteiger partial charge in [-0.1, -0.05) is 11.2 Å². The summed E-state index contributed by atoms with van der Waals surface area (Å²) >= 11 is 0. The largest absolute Gasteiger partial charge is 0.504 e. The highest BCUT2D eigenvalue weighted by molar-refractivity contribution is 5.89. The van der Waals surface area contributed by atoms with Gasteiger partial charge in [0.05, 0.1) is 11.3 Å². The van der Waals surface area contributed by atoms with Crippen LogP contribution in [0.5, 0.6) is 23.0 Å². The van der Waals surface area contributed by atoms with Crippen LogP contribution in [0.4, 0.5) is 5.69 Å². The first-order chi connectivity index (χ1) is 10.0. The van der Waals surface area contributed by atoms with Gasteiger partial charge in [0, 0.05) is 4.91 Å². The van der Waals surface area contributed by atoms with E-state index in [-0.39, 0.29) is 22.7 Å². The zero-order valence-corrected chi connectivity index (χ0v) is 10.5. The van der Waals surface area contributed by atoms with Crippen LogP contribution in [-0.2, 0) is 0 Å². The minimum Gasteiger partial charge on any atom is -0.504 e. The number of nitrogens with zero attached hydrogens (tertiary/aromatic N) is 3. The monoisotopic (exact) mass is 287 g/mol. The van der Waals surface area contributed by atoms with E-state index in [9.17, 15) is 15.0 Å². The number of azide groups is 1. The third kappa shape index (κ3) is 2.96. The lowest BCUT2D eigenvalue weighted by molar-refractivity contribution is 0.0696. The van der Waals surface area contributed by atoms with Crippen LogP contribution in [0, 0.1) is 0 Å². The summed E-state index contributed by atoms with van der Waals surface area (Å²) in [5.41, 5.74) is 8.45. The summed E-state index contributed by atoms with van der Waals surface area (Å²) in [4.78, 5) is 13.6. The van der Waals surface area contributed by atoms with Crippen LogP contribution in [0.2, 0.25) is 0 Å². The predicted molar refractivity (Wildman–Crippen MR) is 72.1 cm³/mol. The number of phenolic OH excluding ortho intramolecular Hbond substituents is 2. The number of hydrogen-bond acceptors (Lipinski definition) is 5. The molecule has 2 aromatic carbocycles. The second kappa shape index (κ2) is 5.72. The van der Waals surface area contributed by atoms with E-state index >= 15 is 0 Å². The van der Waals surface area contributed by atoms with Gasteiger partial charge in [0.25, 0.3) is 0 Å². The summed E-state index contributed by atoms with van der Waals surface area (Å²) in [6.07, 6.45) is 0. The molecule has 0 bridgehead atoms. The van der Waals surface area contributed by atoms with E-state index in [0.717, 1.165) is 6.07 Å². The minimum absolute atomic E-state index is 0.0465. The molecule has 3 N–H and O–H groups in total. The second-order valence-corrected chi connectivity index (χ2v) is 3.90. The van der Waals surface area contributed by atoms with Gasteiger partial charge in [0.1, 0.15) is 5.75 Å². The Bertz CT molecular complexity index is 753. The van der Waals surface area contributed by atoms with Gasteiger partial charge < -0.3 is 20.1 Å². The molecule has 21 heavy (non-hydrogen) atoms. The maximum Gasteiger partial charge on any atom is 0.335 e. The molecule has 106 valence electrons. The van der Waals surface area contributed by atoms with Crippen LogP contribution >= 0.6 is 0 Å². The first-order valence-electron chi connectivity index (χ1n) is 5.64. The smallest absolute Gasteiger partial charge is 0.335 e. The molecule has 2 rings (SSSR count). The Balaban J connectivity index is 2.50. The van der Waals surface area contributed by atoms with Crippen molar-refractivity contribution in [2.24, 2.45) is 5.11 Å². The number of carboxylic acids is 1. The molecular weight excluding hydrogens is 278 g/mol. The first kappa shape index (κ1) is 14.0. The number of rotatable bonds is 4. The van der Waals surface area contributed by atoms with Crippen molar-refractivity contribution in [2.45, 2.75) is 0 Å². The molecular formula is C13H9N3O5. The predicted octanol–water partition coefficient (Wildman–Crippen LogP) is 3.53. The zero-order chi connectivity index (χ0) is 15.4. The molecule has 2 aromatic rings. The third-order valence-electron chi connectivity index (χ3n) is 2.56. The van der Waals surface area contributed by atoms with Crippen LogP contribution in [0.15, 0.2) is 41.5 Å². The maximum absolute atomic E-state index is 10.9. The fourth-order valence-corrected chi connectivity index (χ4v) is 1.57. The Morgan fingerprint density at radius 2 is 1.95 bits per heavy atom. The molecule has 0 aromatic heterocycles. The number of aromatic hydroxyl groups is 2. The van der Waals surface area contributed by atoms with Crippen molar-refractivity contribution in [2.75, 3.05) is 0 Å². The zero-order valence-electron chi connectivity index (χ0n) is 10.5. The topological polar surface area (TPSA) is 136 Å². The van der Waals surface area contributed by atoms with E-state index in [2.05, 4.69) is 10.0 Å². The molecule has 0 saturated carbocycles. The fraction of sp³-hybridized carbons (Fsp3) is 0. The van der Waals surface area contributed by atoms with E-state index in [1.54, 1.807) is 0 Å². The lowest BCUT2D eigenvalue weighted by atomic mass is 10.2. The normalized spacial score (nSPS) is 9.71. The lowest BCUT2D eigenvalue weighted by Gasteiger charge is -2.11.